The Kier molecular flexibility index (Phi) is 6.31. The van der Waals surface area contributed by atoms with Gasteiger partial charge in [0.2, 0.25) is 0 Å². The number of alkyl halides is 3. The van der Waals surface area contributed by atoms with Gasteiger partial charge in [-0.05, 0) is 42.7 Å². The molecule has 32 heavy (non-hydrogen) atoms. The fraction of sp³-hybridized carbons (Fsp3) is 0.500. The summed E-state index contributed by atoms with van der Waals surface area (Å²) < 4.78 is 51.7. The van der Waals surface area contributed by atoms with Crippen LogP contribution >= 0.6 is 0 Å². The second-order valence-electron chi connectivity index (χ2n) is 8.78. The van der Waals surface area contributed by atoms with Crippen LogP contribution in [0.15, 0.2) is 42.6 Å². The van der Waals surface area contributed by atoms with Gasteiger partial charge in [0.1, 0.15) is 29.2 Å². The lowest BCUT2D eigenvalue weighted by molar-refractivity contribution is -0.117. The molecule has 0 bridgehead atoms. The lowest BCUT2D eigenvalue weighted by Crippen LogP contribution is -2.27. The molecule has 1 saturated heterocycles. The monoisotopic (exact) mass is 448 g/mol. The minimum Gasteiger partial charge on any atom is -0.491 e. The number of carbonyl (C=O) groups is 1. The number of ketones is 1. The van der Waals surface area contributed by atoms with Crippen LogP contribution in [0.1, 0.15) is 38.2 Å². The van der Waals surface area contributed by atoms with E-state index in [0.717, 1.165) is 5.56 Å². The highest BCUT2D eigenvalue weighted by atomic mass is 19.3. The van der Waals surface area contributed by atoms with Gasteiger partial charge in [-0.25, -0.2) is 18.2 Å². The molecule has 0 N–H and O–H groups in total. The topological polar surface area (TPSA) is 51.7 Å². The van der Waals surface area contributed by atoms with Gasteiger partial charge < -0.3 is 19.2 Å². The highest BCUT2D eigenvalue weighted by molar-refractivity contribution is 5.76. The Morgan fingerprint density at radius 1 is 1.19 bits per heavy atom. The average Bonchev–Trinajstić information content (AvgIpc) is 3.21. The summed E-state index contributed by atoms with van der Waals surface area (Å²) in [6, 6.07) is 10.8. The smallest absolute Gasteiger partial charge is 0.255 e. The quantitative estimate of drug-likeness (QED) is 0.551. The van der Waals surface area contributed by atoms with Crippen molar-refractivity contribution in [2.45, 2.75) is 50.8 Å². The van der Waals surface area contributed by atoms with Gasteiger partial charge in [0.25, 0.3) is 5.92 Å². The Morgan fingerprint density at radius 2 is 1.88 bits per heavy atom. The number of hydrogen-bond donors (Lipinski definition) is 0. The van der Waals surface area contributed by atoms with Crippen LogP contribution in [0.4, 0.5) is 19.0 Å². The number of aromatic nitrogens is 1. The van der Waals surface area contributed by atoms with Crippen molar-refractivity contribution in [3.05, 3.63) is 48.2 Å². The Balaban J connectivity index is 1.30. The van der Waals surface area contributed by atoms with Gasteiger partial charge in [-0.3, -0.25) is 0 Å². The lowest BCUT2D eigenvalue weighted by Gasteiger charge is -2.18. The van der Waals surface area contributed by atoms with E-state index in [1.807, 2.05) is 19.1 Å². The maximum Gasteiger partial charge on any atom is 0.255 e. The van der Waals surface area contributed by atoms with Crippen molar-refractivity contribution in [3.8, 4) is 11.5 Å². The van der Waals surface area contributed by atoms with E-state index in [1.165, 1.54) is 6.20 Å². The molecular formula is C24H27F3N2O3. The van der Waals surface area contributed by atoms with Crippen LogP contribution in [-0.2, 0) is 4.79 Å². The first-order valence-electron chi connectivity index (χ1n) is 10.8. The SMILES string of the molecule is CC(=O)C[C@@H](C)c1ccc(OC2CN(c3ccc(OCC4CC4(F)F)cn3)C[C@H]2F)cc1. The largest absolute Gasteiger partial charge is 0.491 e. The molecule has 4 atom stereocenters. The number of nitrogens with zero attached hydrogens (tertiary/aromatic N) is 2. The number of pyridine rings is 1. The van der Waals surface area contributed by atoms with Crippen LogP contribution in [0.2, 0.25) is 0 Å². The van der Waals surface area contributed by atoms with Gasteiger partial charge >= 0.3 is 0 Å². The fourth-order valence-electron chi connectivity index (χ4n) is 3.92. The Hall–Kier alpha value is -2.77. The number of rotatable bonds is 9. The zero-order valence-corrected chi connectivity index (χ0v) is 18.1. The van der Waals surface area contributed by atoms with Crippen molar-refractivity contribution >= 4 is 11.6 Å². The van der Waals surface area contributed by atoms with Gasteiger partial charge in [-0.1, -0.05) is 19.1 Å². The number of carbonyl (C=O) groups excluding carboxylic acids is 1. The van der Waals surface area contributed by atoms with Crippen molar-refractivity contribution in [1.82, 2.24) is 4.98 Å². The molecule has 1 aromatic carbocycles. The maximum absolute atomic E-state index is 14.6. The van der Waals surface area contributed by atoms with Gasteiger partial charge in [0.05, 0.1) is 31.8 Å². The van der Waals surface area contributed by atoms with Gasteiger partial charge in [-0.2, -0.15) is 0 Å². The summed E-state index contributed by atoms with van der Waals surface area (Å²) in [5.41, 5.74) is 1.04. The molecule has 1 aliphatic heterocycles. The molecular weight excluding hydrogens is 421 g/mol. The van der Waals surface area contributed by atoms with E-state index in [9.17, 15) is 18.0 Å². The van der Waals surface area contributed by atoms with Crippen LogP contribution in [0, 0.1) is 5.92 Å². The molecule has 4 rings (SSSR count). The first-order valence-corrected chi connectivity index (χ1v) is 10.8. The van der Waals surface area contributed by atoms with E-state index >= 15 is 0 Å². The summed E-state index contributed by atoms with van der Waals surface area (Å²) in [5.74, 6) is -1.50. The predicted molar refractivity (Wildman–Crippen MR) is 114 cm³/mol. The zero-order valence-electron chi connectivity index (χ0n) is 18.1. The van der Waals surface area contributed by atoms with Crippen LogP contribution in [0.5, 0.6) is 11.5 Å². The molecule has 1 aromatic heterocycles. The molecule has 2 aliphatic rings. The molecule has 1 aliphatic carbocycles. The normalized spacial score (nSPS) is 24.8. The first kappa shape index (κ1) is 22.4. The van der Waals surface area contributed by atoms with E-state index in [0.29, 0.717) is 30.3 Å². The minimum atomic E-state index is -2.61. The van der Waals surface area contributed by atoms with Crippen LogP contribution in [0.3, 0.4) is 0 Å². The zero-order chi connectivity index (χ0) is 22.9. The summed E-state index contributed by atoms with van der Waals surface area (Å²) >= 11 is 0. The summed E-state index contributed by atoms with van der Waals surface area (Å²) in [6.45, 7) is 4.03. The van der Waals surface area contributed by atoms with Gasteiger partial charge in [0, 0.05) is 12.8 Å². The molecule has 2 aromatic rings. The summed E-state index contributed by atoms with van der Waals surface area (Å²) in [7, 11) is 0. The van der Waals surface area contributed by atoms with Crippen LogP contribution in [0.25, 0.3) is 0 Å². The highest BCUT2D eigenvalue weighted by Crippen LogP contribution is 2.48. The molecule has 2 unspecified atom stereocenters. The second kappa shape index (κ2) is 9.00. The van der Waals surface area contributed by atoms with E-state index in [1.54, 1.807) is 36.1 Å². The Labute approximate surface area is 185 Å². The molecule has 0 radical (unpaired) electrons. The first-order chi connectivity index (χ1) is 15.2. The molecule has 8 heteroatoms. The van der Waals surface area contributed by atoms with E-state index in [-0.39, 0.29) is 31.3 Å². The van der Waals surface area contributed by atoms with Crippen molar-refractivity contribution in [2.75, 3.05) is 24.6 Å². The van der Waals surface area contributed by atoms with Crippen molar-refractivity contribution in [1.29, 1.82) is 0 Å². The number of halogens is 3. The molecule has 172 valence electrons. The lowest BCUT2D eigenvalue weighted by atomic mass is 9.96. The van der Waals surface area contributed by atoms with Crippen LogP contribution < -0.4 is 14.4 Å². The summed E-state index contributed by atoms with van der Waals surface area (Å²) in [6.07, 6.45) is 0.00417. The standard InChI is InChI=1S/C24H27F3N2O3/c1-15(9-16(2)30)17-3-5-19(6-4-17)32-22-13-29(12-21(22)25)23-8-7-20(11-28-23)31-14-18-10-24(18,26)27/h3-8,11,15,18,21-22H,9-10,12-14H2,1-2H3/t15-,18?,21-,22?/m1/s1. The molecule has 1 saturated carbocycles. The third-order valence-corrected chi connectivity index (χ3v) is 5.98. The molecule has 2 heterocycles. The highest BCUT2D eigenvalue weighted by Gasteiger charge is 2.57. The third kappa shape index (κ3) is 5.34. The third-order valence-electron chi connectivity index (χ3n) is 5.98. The maximum atomic E-state index is 14.6. The summed E-state index contributed by atoms with van der Waals surface area (Å²) in [5, 5.41) is 0. The van der Waals surface area contributed by atoms with E-state index in [2.05, 4.69) is 4.98 Å². The molecule has 0 amide bonds. The van der Waals surface area contributed by atoms with E-state index in [4.69, 9.17) is 9.47 Å². The second-order valence-corrected chi connectivity index (χ2v) is 8.78. The average molecular weight is 448 g/mol. The number of hydrogen-bond acceptors (Lipinski definition) is 5. The number of ether oxygens (including phenoxy) is 2. The number of benzene rings is 1. The van der Waals surface area contributed by atoms with Crippen LogP contribution in [-0.4, -0.2) is 48.7 Å². The van der Waals surface area contributed by atoms with Crippen molar-refractivity contribution < 1.29 is 27.4 Å². The number of Topliss-reactive ketones (excluding diaryl/α,β-unsaturated/α-hetero) is 1. The Bertz CT molecular complexity index is 937. The molecule has 2 fully saturated rings. The van der Waals surface area contributed by atoms with Gasteiger partial charge in [-0.15, -0.1) is 0 Å². The van der Waals surface area contributed by atoms with Crippen molar-refractivity contribution in [3.63, 3.8) is 0 Å². The summed E-state index contributed by atoms with van der Waals surface area (Å²) in [4.78, 5) is 17.4. The molecule has 5 nitrogen and oxygen atoms in total. The predicted octanol–water partition coefficient (Wildman–Crippen LogP) is 4.80. The van der Waals surface area contributed by atoms with Gasteiger partial charge in [0.15, 0.2) is 6.17 Å². The minimum absolute atomic E-state index is 0.0352. The van der Waals surface area contributed by atoms with Crippen molar-refractivity contribution in [2.24, 2.45) is 5.92 Å². The van der Waals surface area contributed by atoms with E-state index < -0.39 is 24.1 Å². The fourth-order valence-corrected chi connectivity index (χ4v) is 3.92. The molecule has 0 spiro atoms. The Morgan fingerprint density at radius 3 is 2.47 bits per heavy atom. The number of anilines is 1.